The third-order valence-corrected chi connectivity index (χ3v) is 7.44. The molecular weight excluding hydrogens is 422 g/mol. The molecule has 2 aliphatic heterocycles. The highest BCUT2D eigenvalue weighted by atomic mass is 32.2. The summed E-state index contributed by atoms with van der Waals surface area (Å²) in [7, 11) is -3.28. The van der Waals surface area contributed by atoms with E-state index in [2.05, 4.69) is 5.16 Å². The first-order chi connectivity index (χ1) is 14.9. The van der Waals surface area contributed by atoms with E-state index in [0.717, 1.165) is 12.8 Å². The van der Waals surface area contributed by atoms with Gasteiger partial charge in [0.2, 0.25) is 0 Å². The van der Waals surface area contributed by atoms with Crippen LogP contribution >= 0.6 is 0 Å². The molecule has 1 aromatic heterocycles. The minimum atomic E-state index is -3.28. The maximum Gasteiger partial charge on any atom is 0.276 e. The molecule has 2 aromatic rings. The van der Waals surface area contributed by atoms with Crippen molar-refractivity contribution in [1.82, 2.24) is 15.0 Å². The van der Waals surface area contributed by atoms with Crippen molar-refractivity contribution < 1.29 is 27.3 Å². The van der Waals surface area contributed by atoms with Gasteiger partial charge in [-0.25, -0.2) is 8.42 Å². The highest BCUT2D eigenvalue weighted by Gasteiger charge is 2.32. The number of carbonyl (C=O) groups is 2. The number of benzene rings is 1. The van der Waals surface area contributed by atoms with E-state index in [-0.39, 0.29) is 34.3 Å². The molecule has 0 spiro atoms. The summed E-state index contributed by atoms with van der Waals surface area (Å²) >= 11 is 0. The lowest BCUT2D eigenvalue weighted by Crippen LogP contribution is -2.52. The SMILES string of the molecule is CCS(=O)(=O)c1ccc(-c2cc(C(=O)N3CCN(C(=O)C4CCCO4)CC3)no2)cc1. The summed E-state index contributed by atoms with van der Waals surface area (Å²) in [5.41, 5.74) is 0.813. The Morgan fingerprint density at radius 3 is 2.39 bits per heavy atom. The highest BCUT2D eigenvalue weighted by molar-refractivity contribution is 7.91. The van der Waals surface area contributed by atoms with Gasteiger partial charge in [0.25, 0.3) is 11.8 Å². The number of hydrogen-bond acceptors (Lipinski definition) is 7. The van der Waals surface area contributed by atoms with Crippen LogP contribution in [-0.2, 0) is 19.4 Å². The zero-order valence-corrected chi connectivity index (χ0v) is 18.1. The summed E-state index contributed by atoms with van der Waals surface area (Å²) in [6.45, 7) is 3.98. The monoisotopic (exact) mass is 447 g/mol. The highest BCUT2D eigenvalue weighted by Crippen LogP contribution is 2.24. The molecule has 31 heavy (non-hydrogen) atoms. The van der Waals surface area contributed by atoms with E-state index in [4.69, 9.17) is 9.26 Å². The topological polar surface area (TPSA) is 110 Å². The standard InChI is InChI=1S/C21H25N3O6S/c1-2-31(27,28)16-7-5-15(6-8-16)19-14-17(22-30-19)20(25)23-9-11-24(12-10-23)21(26)18-4-3-13-29-18/h5-8,14,18H,2-4,9-13H2,1H3. The molecular formula is C21H25N3O6S. The van der Waals surface area contributed by atoms with Crippen molar-refractivity contribution in [2.24, 2.45) is 0 Å². The van der Waals surface area contributed by atoms with Gasteiger partial charge in [0.15, 0.2) is 21.3 Å². The quantitative estimate of drug-likeness (QED) is 0.685. The Morgan fingerprint density at radius 1 is 1.10 bits per heavy atom. The number of hydrogen-bond donors (Lipinski definition) is 0. The van der Waals surface area contributed by atoms with E-state index in [1.807, 2.05) is 0 Å². The molecule has 0 bridgehead atoms. The second-order valence-electron chi connectivity index (χ2n) is 7.62. The van der Waals surface area contributed by atoms with Crippen molar-refractivity contribution in [3.05, 3.63) is 36.0 Å². The van der Waals surface area contributed by atoms with Crippen LogP contribution in [0.4, 0.5) is 0 Å². The van der Waals surface area contributed by atoms with Crippen LogP contribution in [-0.4, -0.2) is 79.8 Å². The van der Waals surface area contributed by atoms with Crippen LogP contribution < -0.4 is 0 Å². The summed E-state index contributed by atoms with van der Waals surface area (Å²) in [4.78, 5) is 28.9. The number of rotatable bonds is 5. The average molecular weight is 448 g/mol. The van der Waals surface area contributed by atoms with Gasteiger partial charge < -0.3 is 19.1 Å². The van der Waals surface area contributed by atoms with Crippen molar-refractivity contribution in [1.29, 1.82) is 0 Å². The van der Waals surface area contributed by atoms with Crippen LogP contribution in [0.1, 0.15) is 30.3 Å². The van der Waals surface area contributed by atoms with Crippen LogP contribution in [0.5, 0.6) is 0 Å². The van der Waals surface area contributed by atoms with E-state index < -0.39 is 9.84 Å². The Hall–Kier alpha value is -2.72. The summed E-state index contributed by atoms with van der Waals surface area (Å²) < 4.78 is 34.7. The molecule has 0 aliphatic carbocycles. The smallest absolute Gasteiger partial charge is 0.276 e. The second kappa shape index (κ2) is 8.80. The Kier molecular flexibility index (Phi) is 6.10. The molecule has 2 saturated heterocycles. The lowest BCUT2D eigenvalue weighted by Gasteiger charge is -2.35. The second-order valence-corrected chi connectivity index (χ2v) is 9.90. The first-order valence-corrected chi connectivity index (χ1v) is 12.0. The van der Waals surface area contributed by atoms with Crippen LogP contribution in [0.25, 0.3) is 11.3 Å². The largest absolute Gasteiger partial charge is 0.368 e. The number of sulfone groups is 1. The Bertz CT molecular complexity index is 1050. The van der Waals surface area contributed by atoms with Gasteiger partial charge in [-0.1, -0.05) is 12.1 Å². The number of carbonyl (C=O) groups excluding carboxylic acids is 2. The summed E-state index contributed by atoms with van der Waals surface area (Å²) in [5, 5.41) is 3.89. The molecule has 3 heterocycles. The summed E-state index contributed by atoms with van der Waals surface area (Å²) in [5.74, 6) is 0.155. The molecule has 9 nitrogen and oxygen atoms in total. The van der Waals surface area contributed by atoms with E-state index in [1.54, 1.807) is 34.9 Å². The molecule has 2 aliphatic rings. The van der Waals surface area contributed by atoms with E-state index in [0.29, 0.717) is 44.1 Å². The zero-order valence-electron chi connectivity index (χ0n) is 17.3. The van der Waals surface area contributed by atoms with Gasteiger partial charge in [0.05, 0.1) is 10.6 Å². The maximum absolute atomic E-state index is 12.8. The predicted molar refractivity (Wildman–Crippen MR) is 111 cm³/mol. The Balaban J connectivity index is 1.38. The normalized spacial score (nSPS) is 19.6. The lowest BCUT2D eigenvalue weighted by atomic mass is 10.1. The molecule has 4 rings (SSSR count). The van der Waals surface area contributed by atoms with Crippen LogP contribution in [0.3, 0.4) is 0 Å². The van der Waals surface area contributed by atoms with Crippen molar-refractivity contribution in [2.75, 3.05) is 38.5 Å². The minimum Gasteiger partial charge on any atom is -0.368 e. The van der Waals surface area contributed by atoms with E-state index in [9.17, 15) is 18.0 Å². The molecule has 1 atom stereocenters. The fourth-order valence-electron chi connectivity index (χ4n) is 3.77. The third kappa shape index (κ3) is 4.49. The fraction of sp³-hybridized carbons (Fsp3) is 0.476. The number of nitrogens with zero attached hydrogens (tertiary/aromatic N) is 3. The van der Waals surface area contributed by atoms with Crippen LogP contribution in [0.15, 0.2) is 39.8 Å². The first-order valence-electron chi connectivity index (χ1n) is 10.4. The number of amides is 2. The Labute approximate surface area is 180 Å². The maximum atomic E-state index is 12.8. The van der Waals surface area contributed by atoms with Crippen molar-refractivity contribution in [3.63, 3.8) is 0 Å². The van der Waals surface area contributed by atoms with Crippen molar-refractivity contribution >= 4 is 21.7 Å². The van der Waals surface area contributed by atoms with Crippen LogP contribution in [0.2, 0.25) is 0 Å². The Morgan fingerprint density at radius 2 is 1.77 bits per heavy atom. The number of piperazine rings is 1. The van der Waals surface area contributed by atoms with Gasteiger partial charge >= 0.3 is 0 Å². The summed E-state index contributed by atoms with van der Waals surface area (Å²) in [6.07, 6.45) is 1.31. The molecule has 10 heteroatoms. The van der Waals surface area contributed by atoms with E-state index in [1.165, 1.54) is 12.1 Å². The zero-order chi connectivity index (χ0) is 22.0. The molecule has 0 N–H and O–H groups in total. The van der Waals surface area contributed by atoms with Crippen molar-refractivity contribution in [2.45, 2.75) is 30.8 Å². The summed E-state index contributed by atoms with van der Waals surface area (Å²) in [6, 6.07) is 7.85. The van der Waals surface area contributed by atoms with Gasteiger partial charge in [-0.05, 0) is 37.1 Å². The van der Waals surface area contributed by atoms with E-state index >= 15 is 0 Å². The van der Waals surface area contributed by atoms with Gasteiger partial charge in [0.1, 0.15) is 6.10 Å². The molecule has 0 saturated carbocycles. The van der Waals surface area contributed by atoms with Crippen molar-refractivity contribution in [3.8, 4) is 11.3 Å². The number of aromatic nitrogens is 1. The van der Waals surface area contributed by atoms with Gasteiger partial charge in [-0.15, -0.1) is 0 Å². The van der Waals surface area contributed by atoms with Gasteiger partial charge in [-0.2, -0.15) is 0 Å². The third-order valence-electron chi connectivity index (χ3n) is 5.69. The van der Waals surface area contributed by atoms with Gasteiger partial charge in [-0.3, -0.25) is 9.59 Å². The molecule has 1 unspecified atom stereocenters. The molecule has 2 fully saturated rings. The molecule has 0 radical (unpaired) electrons. The minimum absolute atomic E-state index is 0.00172. The van der Waals surface area contributed by atoms with Gasteiger partial charge in [0, 0.05) is 44.4 Å². The lowest BCUT2D eigenvalue weighted by molar-refractivity contribution is -0.142. The molecule has 2 amide bonds. The number of ether oxygens (including phenoxy) is 1. The first kappa shape index (κ1) is 21.5. The molecule has 166 valence electrons. The molecule has 1 aromatic carbocycles. The average Bonchev–Trinajstić information content (AvgIpc) is 3.51. The fourth-order valence-corrected chi connectivity index (χ4v) is 4.66. The predicted octanol–water partition coefficient (Wildman–Crippen LogP) is 1.60. The van der Waals surface area contributed by atoms with Crippen LogP contribution in [0, 0.1) is 0 Å².